The molecule has 15 heavy (non-hydrogen) atoms. The van der Waals surface area contributed by atoms with Crippen LogP contribution in [0.4, 0.5) is 0 Å². The van der Waals surface area contributed by atoms with Gasteiger partial charge in [0.25, 0.3) is 5.56 Å². The van der Waals surface area contributed by atoms with E-state index in [-0.39, 0.29) is 5.56 Å². The normalized spacial score (nSPS) is 10.3. The lowest BCUT2D eigenvalue weighted by atomic mass is 10.1. The topological polar surface area (TPSA) is 34.9 Å². The number of nitrogens with zero attached hydrogens (tertiary/aromatic N) is 2. The van der Waals surface area contributed by atoms with Gasteiger partial charge < -0.3 is 0 Å². The lowest BCUT2D eigenvalue weighted by molar-refractivity contribution is 0.908. The van der Waals surface area contributed by atoms with Crippen LogP contribution in [-0.2, 0) is 0 Å². The van der Waals surface area contributed by atoms with E-state index in [4.69, 9.17) is 11.8 Å². The largest absolute Gasteiger partial charge is 0.282 e. The Morgan fingerprint density at radius 2 is 1.93 bits per heavy atom. The summed E-state index contributed by atoms with van der Waals surface area (Å²) in [5.74, 6) is 0. The highest BCUT2D eigenvalue weighted by atomic mass is 35.5. The summed E-state index contributed by atoms with van der Waals surface area (Å²) in [4.78, 5) is 11.1. The summed E-state index contributed by atoms with van der Waals surface area (Å²) >= 11 is 5.61. The second kappa shape index (κ2) is 3.87. The Morgan fingerprint density at radius 3 is 2.60 bits per heavy atom. The Hall–Kier alpha value is -1.61. The molecule has 0 unspecified atom stereocenters. The van der Waals surface area contributed by atoms with Crippen molar-refractivity contribution < 1.29 is 0 Å². The van der Waals surface area contributed by atoms with E-state index in [1.165, 1.54) is 6.07 Å². The molecule has 2 aromatic rings. The van der Waals surface area contributed by atoms with Crippen LogP contribution in [0.25, 0.3) is 11.3 Å². The van der Waals surface area contributed by atoms with E-state index in [1.807, 2.05) is 31.2 Å². The smallest absolute Gasteiger partial charge is 0.266 e. The minimum Gasteiger partial charge on any atom is -0.266 e. The third-order valence-electron chi connectivity index (χ3n) is 2.18. The molecule has 76 valence electrons. The summed E-state index contributed by atoms with van der Waals surface area (Å²) in [5, 5.41) is 3.97. The fourth-order valence-corrected chi connectivity index (χ4v) is 1.53. The summed E-state index contributed by atoms with van der Waals surface area (Å²) in [6.45, 7) is 1.99. The van der Waals surface area contributed by atoms with E-state index in [1.54, 1.807) is 6.07 Å². The SMILES string of the molecule is Cc1ccccc1-c1ccc(=O)n(Cl)n1. The highest BCUT2D eigenvalue weighted by Gasteiger charge is 2.03. The van der Waals surface area contributed by atoms with Crippen LogP contribution in [0.15, 0.2) is 41.2 Å². The maximum atomic E-state index is 11.1. The number of aryl methyl sites for hydroxylation is 1. The minimum atomic E-state index is -0.325. The van der Waals surface area contributed by atoms with Crippen LogP contribution < -0.4 is 5.56 Å². The molecule has 0 aliphatic carbocycles. The molecule has 0 bridgehead atoms. The molecule has 0 atom stereocenters. The standard InChI is InChI=1S/C11H9ClN2O/c1-8-4-2-3-5-9(8)10-6-7-11(15)14(12)13-10/h2-7H,1H3. The number of halogens is 1. The Morgan fingerprint density at radius 1 is 1.20 bits per heavy atom. The highest BCUT2D eigenvalue weighted by Crippen LogP contribution is 2.19. The molecule has 0 fully saturated rings. The van der Waals surface area contributed by atoms with Crippen molar-refractivity contribution in [3.8, 4) is 11.3 Å². The minimum absolute atomic E-state index is 0.325. The van der Waals surface area contributed by atoms with Gasteiger partial charge in [0.2, 0.25) is 0 Å². The molecular weight excluding hydrogens is 212 g/mol. The average Bonchev–Trinajstić information content (AvgIpc) is 2.23. The fourth-order valence-electron chi connectivity index (χ4n) is 1.39. The van der Waals surface area contributed by atoms with Crippen LogP contribution in [0.1, 0.15) is 5.56 Å². The Kier molecular flexibility index (Phi) is 2.56. The van der Waals surface area contributed by atoms with Crippen molar-refractivity contribution in [3.63, 3.8) is 0 Å². The van der Waals surface area contributed by atoms with E-state index in [0.717, 1.165) is 15.3 Å². The third kappa shape index (κ3) is 1.92. The van der Waals surface area contributed by atoms with Crippen LogP contribution in [0.3, 0.4) is 0 Å². The Balaban J connectivity index is 2.60. The maximum absolute atomic E-state index is 11.1. The molecule has 1 aromatic heterocycles. The molecule has 0 radical (unpaired) electrons. The van der Waals surface area contributed by atoms with Crippen molar-refractivity contribution >= 4 is 11.8 Å². The van der Waals surface area contributed by atoms with Crippen molar-refractivity contribution in [3.05, 3.63) is 52.3 Å². The summed E-state index contributed by atoms with van der Waals surface area (Å²) in [7, 11) is 0. The predicted octanol–water partition coefficient (Wildman–Crippen LogP) is 2.22. The molecule has 1 heterocycles. The van der Waals surface area contributed by atoms with Crippen LogP contribution >= 0.6 is 11.8 Å². The summed E-state index contributed by atoms with van der Waals surface area (Å²) in [6.07, 6.45) is 0. The van der Waals surface area contributed by atoms with Crippen LogP contribution in [0, 0.1) is 6.92 Å². The molecule has 0 saturated carbocycles. The third-order valence-corrected chi connectivity index (χ3v) is 2.42. The van der Waals surface area contributed by atoms with E-state index >= 15 is 0 Å². The first-order valence-electron chi connectivity index (χ1n) is 4.51. The van der Waals surface area contributed by atoms with Gasteiger partial charge in [0.15, 0.2) is 0 Å². The van der Waals surface area contributed by atoms with Gasteiger partial charge in [0.1, 0.15) is 0 Å². The van der Waals surface area contributed by atoms with E-state index < -0.39 is 0 Å². The average molecular weight is 221 g/mol. The lowest BCUT2D eigenvalue weighted by Gasteiger charge is -2.04. The summed E-state index contributed by atoms with van der Waals surface area (Å²) < 4.78 is 0.821. The van der Waals surface area contributed by atoms with Gasteiger partial charge in [-0.2, -0.15) is 5.10 Å². The summed E-state index contributed by atoms with van der Waals surface area (Å²) in [5.41, 5.74) is 2.45. The van der Waals surface area contributed by atoms with Crippen LogP contribution in [0.2, 0.25) is 0 Å². The van der Waals surface area contributed by atoms with E-state index in [9.17, 15) is 4.79 Å². The van der Waals surface area contributed by atoms with Gasteiger partial charge in [-0.1, -0.05) is 24.3 Å². The molecular formula is C11H9ClN2O. The lowest BCUT2D eigenvalue weighted by Crippen LogP contribution is -2.14. The van der Waals surface area contributed by atoms with E-state index in [0.29, 0.717) is 5.69 Å². The quantitative estimate of drug-likeness (QED) is 0.739. The molecule has 0 spiro atoms. The maximum Gasteiger partial charge on any atom is 0.282 e. The van der Waals surface area contributed by atoms with Gasteiger partial charge in [-0.05, 0) is 18.6 Å². The molecule has 0 N–H and O–H groups in total. The van der Waals surface area contributed by atoms with Crippen molar-refractivity contribution in [2.24, 2.45) is 0 Å². The predicted molar refractivity (Wildman–Crippen MR) is 59.9 cm³/mol. The van der Waals surface area contributed by atoms with Gasteiger partial charge in [-0.3, -0.25) is 4.79 Å². The first kappa shape index (κ1) is 9.93. The van der Waals surface area contributed by atoms with Gasteiger partial charge in [0.05, 0.1) is 5.69 Å². The molecule has 3 nitrogen and oxygen atoms in total. The Labute approximate surface area is 92.0 Å². The molecule has 2 rings (SSSR count). The number of benzene rings is 1. The zero-order valence-electron chi connectivity index (χ0n) is 8.14. The molecule has 0 aliphatic rings. The van der Waals surface area contributed by atoms with Crippen molar-refractivity contribution in [2.75, 3.05) is 0 Å². The highest BCUT2D eigenvalue weighted by molar-refractivity contribution is 6.14. The first-order chi connectivity index (χ1) is 7.18. The number of rotatable bonds is 1. The molecule has 0 aliphatic heterocycles. The molecule has 0 saturated heterocycles. The molecule has 4 heteroatoms. The van der Waals surface area contributed by atoms with Crippen LogP contribution in [-0.4, -0.2) is 9.30 Å². The summed E-state index contributed by atoms with van der Waals surface area (Å²) in [6, 6.07) is 10.9. The second-order valence-electron chi connectivity index (χ2n) is 3.23. The molecule has 0 amide bonds. The first-order valence-corrected chi connectivity index (χ1v) is 4.85. The zero-order chi connectivity index (χ0) is 10.8. The van der Waals surface area contributed by atoms with Crippen molar-refractivity contribution in [1.82, 2.24) is 9.30 Å². The Bertz CT molecular complexity index is 548. The van der Waals surface area contributed by atoms with Gasteiger partial charge in [0, 0.05) is 23.4 Å². The second-order valence-corrected chi connectivity index (χ2v) is 3.55. The zero-order valence-corrected chi connectivity index (χ0v) is 8.90. The van der Waals surface area contributed by atoms with Crippen LogP contribution in [0.5, 0.6) is 0 Å². The fraction of sp³-hybridized carbons (Fsp3) is 0.0909. The van der Waals surface area contributed by atoms with E-state index in [2.05, 4.69) is 5.10 Å². The van der Waals surface area contributed by atoms with Gasteiger partial charge in [-0.25, -0.2) is 0 Å². The van der Waals surface area contributed by atoms with Gasteiger partial charge in [-0.15, -0.1) is 4.20 Å². The van der Waals surface area contributed by atoms with Crippen molar-refractivity contribution in [1.29, 1.82) is 0 Å². The number of hydrogen-bond donors (Lipinski definition) is 0. The monoisotopic (exact) mass is 220 g/mol. The van der Waals surface area contributed by atoms with Crippen molar-refractivity contribution in [2.45, 2.75) is 6.92 Å². The number of aromatic nitrogens is 2. The number of hydrogen-bond acceptors (Lipinski definition) is 2. The molecule has 1 aromatic carbocycles. The van der Waals surface area contributed by atoms with Gasteiger partial charge >= 0.3 is 0 Å².